The molecule has 1 aromatic carbocycles. The zero-order valence-corrected chi connectivity index (χ0v) is 17.5. The van der Waals surface area contributed by atoms with Gasteiger partial charge in [0.25, 0.3) is 0 Å². The van der Waals surface area contributed by atoms with Crippen LogP contribution in [0.1, 0.15) is 32.8 Å². The van der Waals surface area contributed by atoms with Crippen molar-refractivity contribution in [3.05, 3.63) is 35.9 Å². The SMILES string of the molecule is CC(NC(=O)C(NC(=O)OCc1ccccc1)C(C)C)C(=O)NC(CC(=O)O)C(=O)O. The molecule has 0 saturated carbocycles. The monoisotopic (exact) mass is 437 g/mol. The lowest BCUT2D eigenvalue weighted by Gasteiger charge is -2.24. The number of carbonyl (C=O) groups excluding carboxylic acids is 3. The maximum Gasteiger partial charge on any atom is 0.408 e. The number of nitrogens with one attached hydrogen (secondary N) is 3. The normalized spacial score (nSPS) is 13.4. The van der Waals surface area contributed by atoms with Crippen LogP contribution in [0.5, 0.6) is 0 Å². The molecule has 3 unspecified atom stereocenters. The van der Waals surface area contributed by atoms with Crippen molar-refractivity contribution >= 4 is 29.8 Å². The minimum atomic E-state index is -1.64. The van der Waals surface area contributed by atoms with E-state index in [0.717, 1.165) is 5.56 Å². The zero-order valence-electron chi connectivity index (χ0n) is 17.5. The van der Waals surface area contributed by atoms with Crippen molar-refractivity contribution in [2.75, 3.05) is 0 Å². The highest BCUT2D eigenvalue weighted by atomic mass is 16.5. The number of benzene rings is 1. The number of hydrogen-bond acceptors (Lipinski definition) is 6. The van der Waals surface area contributed by atoms with E-state index in [-0.39, 0.29) is 12.5 Å². The minimum Gasteiger partial charge on any atom is -0.481 e. The summed E-state index contributed by atoms with van der Waals surface area (Å²) >= 11 is 0. The molecule has 31 heavy (non-hydrogen) atoms. The van der Waals surface area contributed by atoms with E-state index in [4.69, 9.17) is 14.9 Å². The Morgan fingerprint density at radius 2 is 1.52 bits per heavy atom. The Labute approximate surface area is 179 Å². The molecule has 1 rings (SSSR count). The Hall–Kier alpha value is -3.63. The molecule has 0 bridgehead atoms. The standard InChI is InChI=1S/C20H27N3O8/c1-11(2)16(23-20(30)31-10-13-7-5-4-6-8-13)18(27)21-12(3)17(26)22-14(19(28)29)9-15(24)25/h4-8,11-12,14,16H,9-10H2,1-3H3,(H,21,27)(H,22,26)(H,23,30)(H,24,25)(H,28,29). The summed E-state index contributed by atoms with van der Waals surface area (Å²) in [5, 5.41) is 24.6. The van der Waals surface area contributed by atoms with E-state index in [1.54, 1.807) is 38.1 Å². The Balaban J connectivity index is 2.64. The van der Waals surface area contributed by atoms with E-state index >= 15 is 0 Å². The van der Waals surface area contributed by atoms with Crippen LogP contribution in [0, 0.1) is 5.92 Å². The van der Waals surface area contributed by atoms with Crippen LogP contribution in [0.25, 0.3) is 0 Å². The van der Waals surface area contributed by atoms with Crippen molar-refractivity contribution in [1.29, 1.82) is 0 Å². The van der Waals surface area contributed by atoms with Crippen molar-refractivity contribution in [2.24, 2.45) is 5.92 Å². The first kappa shape index (κ1) is 25.4. The van der Waals surface area contributed by atoms with Gasteiger partial charge < -0.3 is 30.9 Å². The van der Waals surface area contributed by atoms with E-state index in [9.17, 15) is 24.0 Å². The third kappa shape index (κ3) is 9.15. The first-order chi connectivity index (χ1) is 14.5. The fourth-order valence-electron chi connectivity index (χ4n) is 2.47. The number of ether oxygens (including phenoxy) is 1. The number of alkyl carbamates (subject to hydrolysis) is 1. The number of carbonyl (C=O) groups is 5. The molecule has 0 radical (unpaired) electrons. The van der Waals surface area contributed by atoms with Gasteiger partial charge in [-0.1, -0.05) is 44.2 Å². The predicted octanol–water partition coefficient (Wildman–Crippen LogP) is 0.486. The van der Waals surface area contributed by atoms with Crippen LogP contribution in [0.4, 0.5) is 4.79 Å². The van der Waals surface area contributed by atoms with Gasteiger partial charge in [0.1, 0.15) is 24.7 Å². The summed E-state index contributed by atoms with van der Waals surface area (Å²) in [4.78, 5) is 58.5. The van der Waals surface area contributed by atoms with E-state index in [1.807, 2.05) is 6.07 Å². The predicted molar refractivity (Wildman–Crippen MR) is 108 cm³/mol. The number of aliphatic carboxylic acids is 2. The topological polar surface area (TPSA) is 171 Å². The smallest absolute Gasteiger partial charge is 0.408 e. The molecule has 0 aliphatic heterocycles. The van der Waals surface area contributed by atoms with Gasteiger partial charge in [-0.15, -0.1) is 0 Å². The molecule has 3 amide bonds. The van der Waals surface area contributed by atoms with Gasteiger partial charge in [-0.3, -0.25) is 14.4 Å². The zero-order chi connectivity index (χ0) is 23.6. The third-order valence-electron chi connectivity index (χ3n) is 4.18. The quantitative estimate of drug-likeness (QED) is 0.333. The van der Waals surface area contributed by atoms with Crippen molar-refractivity contribution in [3.63, 3.8) is 0 Å². The Bertz CT molecular complexity index is 797. The maximum absolute atomic E-state index is 12.5. The van der Waals surface area contributed by atoms with Gasteiger partial charge in [0, 0.05) is 0 Å². The molecule has 1 aromatic rings. The van der Waals surface area contributed by atoms with Gasteiger partial charge in [-0.05, 0) is 18.4 Å². The summed E-state index contributed by atoms with van der Waals surface area (Å²) < 4.78 is 5.10. The van der Waals surface area contributed by atoms with Crippen molar-refractivity contribution < 1.29 is 38.9 Å². The summed E-state index contributed by atoms with van der Waals surface area (Å²) in [6, 6.07) is 5.11. The van der Waals surface area contributed by atoms with Crippen LogP contribution in [0.2, 0.25) is 0 Å². The van der Waals surface area contributed by atoms with Gasteiger partial charge in [0.2, 0.25) is 11.8 Å². The molecule has 0 fully saturated rings. The second-order valence-electron chi connectivity index (χ2n) is 7.16. The largest absolute Gasteiger partial charge is 0.481 e. The van der Waals surface area contributed by atoms with Gasteiger partial charge in [0.15, 0.2) is 0 Å². The molecule has 0 aromatic heterocycles. The first-order valence-electron chi connectivity index (χ1n) is 9.53. The molecule has 170 valence electrons. The molecule has 3 atom stereocenters. The van der Waals surface area contributed by atoms with Gasteiger partial charge >= 0.3 is 18.0 Å². The highest BCUT2D eigenvalue weighted by molar-refractivity contribution is 5.93. The number of carboxylic acids is 2. The lowest BCUT2D eigenvalue weighted by molar-refractivity contribution is -0.147. The third-order valence-corrected chi connectivity index (χ3v) is 4.18. The lowest BCUT2D eigenvalue weighted by Crippen LogP contribution is -2.56. The van der Waals surface area contributed by atoms with E-state index in [1.165, 1.54) is 6.92 Å². The first-order valence-corrected chi connectivity index (χ1v) is 9.53. The number of rotatable bonds is 11. The molecule has 0 heterocycles. The molecule has 0 aliphatic rings. The highest BCUT2D eigenvalue weighted by Crippen LogP contribution is 2.05. The van der Waals surface area contributed by atoms with Crippen LogP contribution in [0.3, 0.4) is 0 Å². The number of carboxylic acid groups (broad SMARTS) is 2. The Kier molecular flexibility index (Phi) is 9.96. The summed E-state index contributed by atoms with van der Waals surface area (Å²) in [5.41, 5.74) is 0.767. The van der Waals surface area contributed by atoms with Crippen LogP contribution in [-0.2, 0) is 30.5 Å². The van der Waals surface area contributed by atoms with Crippen molar-refractivity contribution in [3.8, 4) is 0 Å². The molecule has 11 heteroatoms. The summed E-state index contributed by atoms with van der Waals surface area (Å²) in [6.07, 6.45) is -1.63. The van der Waals surface area contributed by atoms with Gasteiger partial charge in [-0.2, -0.15) is 0 Å². The molecule has 5 N–H and O–H groups in total. The summed E-state index contributed by atoms with van der Waals surface area (Å²) in [7, 11) is 0. The molecule has 0 spiro atoms. The highest BCUT2D eigenvalue weighted by Gasteiger charge is 2.29. The fraction of sp³-hybridized carbons (Fsp3) is 0.450. The fourth-order valence-corrected chi connectivity index (χ4v) is 2.47. The van der Waals surface area contributed by atoms with Gasteiger partial charge in [0.05, 0.1) is 6.42 Å². The summed E-state index contributed by atoms with van der Waals surface area (Å²) in [6.45, 7) is 4.68. The van der Waals surface area contributed by atoms with Crippen LogP contribution in [0.15, 0.2) is 30.3 Å². The van der Waals surface area contributed by atoms with Crippen LogP contribution < -0.4 is 16.0 Å². The van der Waals surface area contributed by atoms with E-state index in [2.05, 4.69) is 16.0 Å². The summed E-state index contributed by atoms with van der Waals surface area (Å²) in [5.74, 6) is -4.83. The molecule has 11 nitrogen and oxygen atoms in total. The second kappa shape index (κ2) is 12.2. The van der Waals surface area contributed by atoms with E-state index in [0.29, 0.717) is 0 Å². The van der Waals surface area contributed by atoms with Crippen LogP contribution >= 0.6 is 0 Å². The minimum absolute atomic E-state index is 0.0120. The van der Waals surface area contributed by atoms with Crippen LogP contribution in [-0.4, -0.2) is 58.2 Å². The van der Waals surface area contributed by atoms with E-state index < -0.39 is 54.4 Å². The Morgan fingerprint density at radius 3 is 2.03 bits per heavy atom. The lowest BCUT2D eigenvalue weighted by atomic mass is 10.0. The molecular weight excluding hydrogens is 410 g/mol. The maximum atomic E-state index is 12.5. The van der Waals surface area contributed by atoms with Gasteiger partial charge in [-0.25, -0.2) is 9.59 Å². The van der Waals surface area contributed by atoms with Crippen molar-refractivity contribution in [2.45, 2.75) is 51.9 Å². The second-order valence-corrected chi connectivity index (χ2v) is 7.16. The number of amides is 3. The van der Waals surface area contributed by atoms with Crippen molar-refractivity contribution in [1.82, 2.24) is 16.0 Å². The Morgan fingerprint density at radius 1 is 0.903 bits per heavy atom. The molecular formula is C20H27N3O8. The average Bonchev–Trinajstić information content (AvgIpc) is 2.69. The molecule has 0 aliphatic carbocycles. The average molecular weight is 437 g/mol. The number of hydrogen-bond donors (Lipinski definition) is 5. The molecule has 0 saturated heterocycles.